The summed E-state index contributed by atoms with van der Waals surface area (Å²) in [6, 6.07) is 12.0. The predicted molar refractivity (Wildman–Crippen MR) is 131 cm³/mol. The summed E-state index contributed by atoms with van der Waals surface area (Å²) in [7, 11) is 0. The minimum absolute atomic E-state index is 0.00559. The first kappa shape index (κ1) is 24.4. The number of ketones is 1. The molecule has 36 heavy (non-hydrogen) atoms. The van der Waals surface area contributed by atoms with Crippen LogP contribution in [-0.2, 0) is 12.7 Å². The minimum atomic E-state index is -4.91. The molecule has 0 radical (unpaired) electrons. The van der Waals surface area contributed by atoms with Crippen molar-refractivity contribution in [1.82, 2.24) is 14.5 Å². The summed E-state index contributed by atoms with van der Waals surface area (Å²) >= 11 is 18.3. The molecule has 3 aromatic heterocycles. The lowest BCUT2D eigenvalue weighted by Crippen LogP contribution is -2.19. The van der Waals surface area contributed by atoms with Gasteiger partial charge < -0.3 is 8.98 Å². The Balaban J connectivity index is 1.71. The number of carbonyl (C=O) groups is 1. The van der Waals surface area contributed by atoms with Crippen molar-refractivity contribution in [3.8, 4) is 11.3 Å². The summed E-state index contributed by atoms with van der Waals surface area (Å²) in [6.07, 6.45) is -0.615. The summed E-state index contributed by atoms with van der Waals surface area (Å²) < 4.78 is 50.2. The van der Waals surface area contributed by atoms with Crippen LogP contribution in [0.2, 0.25) is 15.1 Å². The highest BCUT2D eigenvalue weighted by Gasteiger charge is 2.42. The van der Waals surface area contributed by atoms with Crippen molar-refractivity contribution in [2.24, 2.45) is 0 Å². The maximum Gasteiger partial charge on any atom is 0.432 e. The van der Waals surface area contributed by atoms with Crippen molar-refractivity contribution >= 4 is 51.5 Å². The summed E-state index contributed by atoms with van der Waals surface area (Å²) in [5.41, 5.74) is -0.753. The Kier molecular flexibility index (Phi) is 6.28. The number of fused-ring (bicyclic) bond motifs is 1. The highest BCUT2D eigenvalue weighted by Crippen LogP contribution is 2.41. The third-order valence-corrected chi connectivity index (χ3v) is 6.33. The molecule has 0 aliphatic heterocycles. The zero-order valence-electron chi connectivity index (χ0n) is 18.0. The average molecular weight is 551 g/mol. The molecule has 182 valence electrons. The van der Waals surface area contributed by atoms with Gasteiger partial charge in [-0.25, -0.2) is 4.98 Å². The number of hydrogen-bond donors (Lipinski definition) is 0. The van der Waals surface area contributed by atoms with E-state index < -0.39 is 29.1 Å². The van der Waals surface area contributed by atoms with E-state index in [2.05, 4.69) is 9.97 Å². The Labute approximate surface area is 217 Å². The summed E-state index contributed by atoms with van der Waals surface area (Å²) in [5.74, 6) is -1.34. The summed E-state index contributed by atoms with van der Waals surface area (Å²) in [5, 5.41) is 0.697. The van der Waals surface area contributed by atoms with Gasteiger partial charge in [0.2, 0.25) is 0 Å². The van der Waals surface area contributed by atoms with Crippen LogP contribution in [0, 0.1) is 0 Å². The fourth-order valence-corrected chi connectivity index (χ4v) is 4.60. The van der Waals surface area contributed by atoms with E-state index in [1.807, 2.05) is 0 Å². The fourth-order valence-electron chi connectivity index (χ4n) is 3.96. The van der Waals surface area contributed by atoms with Gasteiger partial charge >= 0.3 is 6.18 Å². The van der Waals surface area contributed by atoms with Gasteiger partial charge in [0.1, 0.15) is 5.69 Å². The number of nitrogens with zero attached hydrogens (tertiary/aromatic N) is 3. The van der Waals surface area contributed by atoms with Crippen LogP contribution in [0.1, 0.15) is 27.5 Å². The summed E-state index contributed by atoms with van der Waals surface area (Å²) in [4.78, 5) is 21.4. The third kappa shape index (κ3) is 4.48. The highest BCUT2D eigenvalue weighted by molar-refractivity contribution is 6.35. The quantitative estimate of drug-likeness (QED) is 0.208. The molecular weight excluding hydrogens is 538 g/mol. The first-order valence-corrected chi connectivity index (χ1v) is 11.5. The molecular formula is C25H13Cl3F3N3O2. The number of aromatic nitrogens is 3. The topological polar surface area (TPSA) is 60.9 Å². The molecule has 0 N–H and O–H groups in total. The van der Waals surface area contributed by atoms with Crippen LogP contribution in [0.3, 0.4) is 0 Å². The molecule has 0 bridgehead atoms. The Morgan fingerprint density at radius 3 is 2.44 bits per heavy atom. The SMILES string of the molecule is O=C(c1ncc(-c2cccnc2)o1)c1c(C(F)(F)F)n(Cc2ccc(Cl)cc2Cl)c2ccc(Cl)cc12. The molecule has 0 aliphatic carbocycles. The number of rotatable bonds is 5. The predicted octanol–water partition coefficient (Wildman–Crippen LogP) is 7.95. The van der Waals surface area contributed by atoms with Crippen LogP contribution >= 0.6 is 34.8 Å². The minimum Gasteiger partial charge on any atom is -0.433 e. The van der Waals surface area contributed by atoms with E-state index in [1.54, 1.807) is 18.3 Å². The molecule has 0 saturated heterocycles. The molecule has 0 spiro atoms. The molecule has 0 atom stereocenters. The van der Waals surface area contributed by atoms with Gasteiger partial charge in [0, 0.05) is 50.5 Å². The summed E-state index contributed by atoms with van der Waals surface area (Å²) in [6.45, 7) is -0.275. The van der Waals surface area contributed by atoms with Gasteiger partial charge in [0.15, 0.2) is 5.76 Å². The average Bonchev–Trinajstić information content (AvgIpc) is 3.44. The molecule has 0 saturated carbocycles. The van der Waals surface area contributed by atoms with Gasteiger partial charge in [-0.05, 0) is 48.0 Å². The van der Waals surface area contributed by atoms with Crippen molar-refractivity contribution in [3.63, 3.8) is 0 Å². The lowest BCUT2D eigenvalue weighted by atomic mass is 10.1. The smallest absolute Gasteiger partial charge is 0.432 e. The van der Waals surface area contributed by atoms with Crippen LogP contribution in [0.25, 0.3) is 22.2 Å². The zero-order valence-corrected chi connectivity index (χ0v) is 20.3. The standard InChI is InChI=1S/C25H13Cl3F3N3O2/c26-15-5-6-19-17(8-15)21(22(35)24-33-11-20(36-24)13-2-1-7-32-10-13)23(25(29,30)31)34(19)12-14-3-4-16(27)9-18(14)28/h1-11H,12H2. The Morgan fingerprint density at radius 2 is 1.75 bits per heavy atom. The monoisotopic (exact) mass is 549 g/mol. The van der Waals surface area contributed by atoms with Gasteiger partial charge in [-0.3, -0.25) is 9.78 Å². The number of halogens is 6. The van der Waals surface area contributed by atoms with E-state index in [9.17, 15) is 18.0 Å². The van der Waals surface area contributed by atoms with Crippen LogP contribution in [0.4, 0.5) is 13.2 Å². The maximum atomic E-state index is 14.5. The molecule has 0 unspecified atom stereocenters. The van der Waals surface area contributed by atoms with E-state index in [0.29, 0.717) is 16.1 Å². The second kappa shape index (κ2) is 9.28. The van der Waals surface area contributed by atoms with E-state index in [0.717, 1.165) is 4.57 Å². The molecule has 0 fully saturated rings. The first-order valence-electron chi connectivity index (χ1n) is 10.4. The highest BCUT2D eigenvalue weighted by atomic mass is 35.5. The van der Waals surface area contributed by atoms with Crippen LogP contribution in [0.5, 0.6) is 0 Å². The van der Waals surface area contributed by atoms with E-state index >= 15 is 0 Å². The Morgan fingerprint density at radius 1 is 1.00 bits per heavy atom. The van der Waals surface area contributed by atoms with E-state index in [-0.39, 0.29) is 33.3 Å². The van der Waals surface area contributed by atoms with Crippen molar-refractivity contribution in [3.05, 3.63) is 105 Å². The molecule has 2 aromatic carbocycles. The van der Waals surface area contributed by atoms with Crippen molar-refractivity contribution in [2.75, 3.05) is 0 Å². The number of alkyl halides is 3. The van der Waals surface area contributed by atoms with Gasteiger partial charge in [-0.2, -0.15) is 13.2 Å². The Hall–Kier alpha value is -3.33. The number of oxazole rings is 1. The normalized spacial score (nSPS) is 11.8. The van der Waals surface area contributed by atoms with Gasteiger partial charge in [-0.1, -0.05) is 40.9 Å². The maximum absolute atomic E-state index is 14.5. The zero-order chi connectivity index (χ0) is 25.6. The lowest BCUT2D eigenvalue weighted by molar-refractivity contribution is -0.143. The third-order valence-electron chi connectivity index (χ3n) is 5.51. The molecule has 5 rings (SSSR count). The molecule has 3 heterocycles. The van der Waals surface area contributed by atoms with Crippen molar-refractivity contribution in [2.45, 2.75) is 12.7 Å². The van der Waals surface area contributed by atoms with Gasteiger partial charge in [-0.15, -0.1) is 0 Å². The Bertz CT molecular complexity index is 1610. The molecule has 5 aromatic rings. The number of benzene rings is 2. The van der Waals surface area contributed by atoms with E-state index in [4.69, 9.17) is 39.2 Å². The van der Waals surface area contributed by atoms with Crippen LogP contribution in [-0.4, -0.2) is 20.3 Å². The van der Waals surface area contributed by atoms with Crippen LogP contribution in [0.15, 0.2) is 71.5 Å². The molecule has 11 heteroatoms. The number of carbonyl (C=O) groups excluding carboxylic acids is 1. The van der Waals surface area contributed by atoms with Gasteiger partial charge in [0.05, 0.1) is 11.8 Å². The number of hydrogen-bond acceptors (Lipinski definition) is 4. The molecule has 0 aliphatic rings. The first-order chi connectivity index (χ1) is 17.1. The van der Waals surface area contributed by atoms with Crippen molar-refractivity contribution < 1.29 is 22.4 Å². The largest absolute Gasteiger partial charge is 0.433 e. The fraction of sp³-hybridized carbons (Fsp3) is 0.0800. The second-order valence-corrected chi connectivity index (χ2v) is 9.09. The molecule has 0 amide bonds. The van der Waals surface area contributed by atoms with Crippen molar-refractivity contribution in [1.29, 1.82) is 0 Å². The van der Waals surface area contributed by atoms with Crippen LogP contribution < -0.4 is 0 Å². The van der Waals surface area contributed by atoms with Gasteiger partial charge in [0.25, 0.3) is 11.7 Å². The second-order valence-electron chi connectivity index (χ2n) is 7.81. The lowest BCUT2D eigenvalue weighted by Gasteiger charge is -2.15. The number of pyridine rings is 1. The molecule has 5 nitrogen and oxygen atoms in total. The van der Waals surface area contributed by atoms with E-state index in [1.165, 1.54) is 48.8 Å².